The number of para-hydroxylation sites is 1. The van der Waals surface area contributed by atoms with Crippen molar-refractivity contribution >= 4 is 29.1 Å². The van der Waals surface area contributed by atoms with Gasteiger partial charge in [0.05, 0.1) is 46.6 Å². The Morgan fingerprint density at radius 1 is 1.11 bits per heavy atom. The van der Waals surface area contributed by atoms with Crippen molar-refractivity contribution in [3.63, 3.8) is 0 Å². The highest BCUT2D eigenvalue weighted by Gasteiger charge is 2.35. The molecule has 2 aromatic carbocycles. The number of hydrogen-bond acceptors (Lipinski definition) is 11. The van der Waals surface area contributed by atoms with Gasteiger partial charge >= 0.3 is 5.97 Å². The molecule has 45 heavy (non-hydrogen) atoms. The predicted octanol–water partition coefficient (Wildman–Crippen LogP) is 4.39. The zero-order valence-corrected chi connectivity index (χ0v) is 25.9. The molecule has 0 spiro atoms. The first-order chi connectivity index (χ1) is 21.8. The summed E-state index contributed by atoms with van der Waals surface area (Å²) >= 11 is 1.14. The van der Waals surface area contributed by atoms with Gasteiger partial charge in [-0.3, -0.25) is 19.5 Å². The van der Waals surface area contributed by atoms with E-state index in [0.717, 1.165) is 17.8 Å². The minimum atomic E-state index is -0.868. The molecule has 0 radical (unpaired) electrons. The average Bonchev–Trinajstić information content (AvgIpc) is 3.63. The lowest BCUT2D eigenvalue weighted by molar-refractivity contribution is -0.384. The molecule has 4 aromatic rings. The fraction of sp³-hybridized carbons (Fsp3) is 0.281. The Balaban J connectivity index is 1.62. The van der Waals surface area contributed by atoms with E-state index in [1.165, 1.54) is 37.0 Å². The molecular formula is C32H31N3O9S. The molecule has 2 aromatic heterocycles. The van der Waals surface area contributed by atoms with Crippen LogP contribution in [0.2, 0.25) is 0 Å². The Morgan fingerprint density at radius 3 is 2.64 bits per heavy atom. The Bertz CT molecular complexity index is 1950. The van der Waals surface area contributed by atoms with E-state index >= 15 is 0 Å². The number of carbonyl (C=O) groups excluding carboxylic acids is 1. The van der Waals surface area contributed by atoms with Crippen LogP contribution in [-0.2, 0) is 14.3 Å². The number of nitrogens with zero attached hydrogens (tertiary/aromatic N) is 3. The Labute approximate surface area is 261 Å². The van der Waals surface area contributed by atoms with E-state index in [4.69, 9.17) is 23.4 Å². The number of nitro groups is 1. The van der Waals surface area contributed by atoms with Crippen molar-refractivity contribution < 1.29 is 33.1 Å². The molecule has 3 heterocycles. The van der Waals surface area contributed by atoms with E-state index in [9.17, 15) is 19.7 Å². The van der Waals surface area contributed by atoms with E-state index in [0.29, 0.717) is 55.8 Å². The molecule has 1 atom stereocenters. The van der Waals surface area contributed by atoms with Crippen LogP contribution >= 0.6 is 11.3 Å². The van der Waals surface area contributed by atoms with Crippen LogP contribution in [0.4, 0.5) is 5.69 Å². The van der Waals surface area contributed by atoms with Gasteiger partial charge in [0, 0.05) is 30.9 Å². The Hall–Kier alpha value is -5.01. The first kappa shape index (κ1) is 31.4. The molecule has 0 N–H and O–H groups in total. The van der Waals surface area contributed by atoms with Gasteiger partial charge in [-0.05, 0) is 37.6 Å². The van der Waals surface area contributed by atoms with Crippen molar-refractivity contribution in [2.24, 2.45) is 4.99 Å². The fourth-order valence-electron chi connectivity index (χ4n) is 4.93. The summed E-state index contributed by atoms with van der Waals surface area (Å²) in [6.07, 6.45) is 2.34. The van der Waals surface area contributed by atoms with Crippen LogP contribution < -0.4 is 24.4 Å². The lowest BCUT2D eigenvalue weighted by Crippen LogP contribution is -2.40. The summed E-state index contributed by atoms with van der Waals surface area (Å²) in [4.78, 5) is 43.4. The van der Waals surface area contributed by atoms with Gasteiger partial charge in [0.1, 0.15) is 35.7 Å². The molecule has 0 aliphatic carbocycles. The van der Waals surface area contributed by atoms with Crippen LogP contribution in [0.1, 0.15) is 37.6 Å². The zero-order chi connectivity index (χ0) is 32.1. The summed E-state index contributed by atoms with van der Waals surface area (Å²) in [7, 11) is 2.97. The third-order valence-electron chi connectivity index (χ3n) is 7.00. The van der Waals surface area contributed by atoms with Crippen LogP contribution in [0, 0.1) is 10.1 Å². The number of fused-ring (bicyclic) bond motifs is 1. The zero-order valence-electron chi connectivity index (χ0n) is 25.1. The first-order valence-corrected chi connectivity index (χ1v) is 14.9. The van der Waals surface area contributed by atoms with Crippen molar-refractivity contribution in [1.29, 1.82) is 0 Å². The summed E-state index contributed by atoms with van der Waals surface area (Å²) in [5, 5.41) is 11.4. The normalized spacial score (nSPS) is 14.6. The number of thiazole rings is 1. The van der Waals surface area contributed by atoms with Crippen molar-refractivity contribution in [1.82, 2.24) is 4.57 Å². The minimum absolute atomic E-state index is 0.0351. The standard InChI is InChI=1S/C32H31N3O9S/c1-5-14-42-25-9-7-6-8-22(25)29-28(31(37)43-16-15-40-3)19(2)33-32-34(29)30(36)27(45-32)18-21-11-13-26(44-21)23-17-20(35(38)39)10-12-24(23)41-4/h6-13,17-18,29H,5,14-16H2,1-4H3/b27-18+/t29-/m0/s1. The smallest absolute Gasteiger partial charge is 0.338 e. The second-order valence-electron chi connectivity index (χ2n) is 9.94. The minimum Gasteiger partial charge on any atom is -0.496 e. The summed E-state index contributed by atoms with van der Waals surface area (Å²) in [5.74, 6) is 0.982. The largest absolute Gasteiger partial charge is 0.496 e. The SMILES string of the molecule is CCCOc1ccccc1[C@H]1C(C(=O)OCCOC)=C(C)N=c2s/c(=C/c3ccc(-c4cc([N+](=O)[O-])ccc4OC)o3)c(=O)n21. The summed E-state index contributed by atoms with van der Waals surface area (Å²) in [5.41, 5.74) is 1.13. The van der Waals surface area contributed by atoms with Gasteiger partial charge in [0.15, 0.2) is 4.80 Å². The number of esters is 1. The lowest BCUT2D eigenvalue weighted by Gasteiger charge is -2.26. The van der Waals surface area contributed by atoms with E-state index in [1.54, 1.807) is 31.2 Å². The first-order valence-electron chi connectivity index (χ1n) is 14.1. The Kier molecular flexibility index (Phi) is 9.59. The number of furan rings is 1. The van der Waals surface area contributed by atoms with Gasteiger partial charge in [0.2, 0.25) is 0 Å². The number of aromatic nitrogens is 1. The van der Waals surface area contributed by atoms with Gasteiger partial charge in [-0.1, -0.05) is 36.5 Å². The summed E-state index contributed by atoms with van der Waals surface area (Å²) < 4.78 is 29.7. The van der Waals surface area contributed by atoms with Gasteiger partial charge in [-0.15, -0.1) is 0 Å². The molecule has 0 amide bonds. The number of non-ortho nitro benzene ring substituents is 1. The topological polar surface area (TPSA) is 145 Å². The van der Waals surface area contributed by atoms with Crippen molar-refractivity contribution in [3.8, 4) is 22.8 Å². The van der Waals surface area contributed by atoms with Crippen LogP contribution in [0.15, 0.2) is 80.1 Å². The molecule has 12 nitrogen and oxygen atoms in total. The monoisotopic (exact) mass is 633 g/mol. The number of rotatable bonds is 12. The maximum Gasteiger partial charge on any atom is 0.338 e. The van der Waals surface area contributed by atoms with Crippen molar-refractivity contribution in [2.75, 3.05) is 34.0 Å². The quantitative estimate of drug-likeness (QED) is 0.0960. The highest BCUT2D eigenvalue weighted by molar-refractivity contribution is 7.07. The van der Waals surface area contributed by atoms with E-state index in [1.807, 2.05) is 25.1 Å². The van der Waals surface area contributed by atoms with Crippen LogP contribution in [0.3, 0.4) is 0 Å². The molecule has 0 unspecified atom stereocenters. The van der Waals surface area contributed by atoms with Crippen LogP contribution in [0.25, 0.3) is 17.4 Å². The lowest BCUT2D eigenvalue weighted by atomic mass is 9.95. The Morgan fingerprint density at radius 2 is 1.91 bits per heavy atom. The highest BCUT2D eigenvalue weighted by Crippen LogP contribution is 2.37. The maximum atomic E-state index is 14.1. The van der Waals surface area contributed by atoms with Crippen molar-refractivity contribution in [2.45, 2.75) is 26.3 Å². The molecule has 0 fully saturated rings. The number of methoxy groups -OCH3 is 2. The molecule has 234 valence electrons. The van der Waals surface area contributed by atoms with Gasteiger partial charge in [-0.2, -0.15) is 0 Å². The number of hydrogen-bond donors (Lipinski definition) is 0. The number of ether oxygens (including phenoxy) is 4. The predicted molar refractivity (Wildman–Crippen MR) is 166 cm³/mol. The third-order valence-corrected chi connectivity index (χ3v) is 7.98. The third kappa shape index (κ3) is 6.44. The van der Waals surface area contributed by atoms with Gasteiger partial charge in [0.25, 0.3) is 11.2 Å². The number of carbonyl (C=O) groups is 1. The fourth-order valence-corrected chi connectivity index (χ4v) is 5.96. The molecule has 13 heteroatoms. The number of allylic oxidation sites excluding steroid dienone is 1. The van der Waals surface area contributed by atoms with E-state index < -0.39 is 22.5 Å². The molecule has 0 bridgehead atoms. The van der Waals surface area contributed by atoms with Gasteiger partial charge < -0.3 is 23.4 Å². The maximum absolute atomic E-state index is 14.1. The summed E-state index contributed by atoms with van der Waals surface area (Å²) in [6.45, 7) is 4.39. The van der Waals surface area contributed by atoms with E-state index in [-0.39, 0.29) is 24.5 Å². The van der Waals surface area contributed by atoms with Gasteiger partial charge in [-0.25, -0.2) is 9.79 Å². The molecule has 1 aliphatic heterocycles. The summed E-state index contributed by atoms with van der Waals surface area (Å²) in [6, 6.07) is 13.9. The second kappa shape index (κ2) is 13.7. The molecular weight excluding hydrogens is 602 g/mol. The van der Waals surface area contributed by atoms with Crippen LogP contribution in [0.5, 0.6) is 11.5 Å². The molecule has 0 saturated carbocycles. The second-order valence-corrected chi connectivity index (χ2v) is 10.9. The van der Waals surface area contributed by atoms with Crippen molar-refractivity contribution in [3.05, 3.63) is 107 Å². The number of nitro benzene ring substituents is 1. The van der Waals surface area contributed by atoms with Crippen LogP contribution in [-0.4, -0.2) is 49.5 Å². The average molecular weight is 634 g/mol. The molecule has 0 saturated heterocycles. The highest BCUT2D eigenvalue weighted by atomic mass is 32.1. The molecule has 5 rings (SSSR count). The number of benzene rings is 2. The molecule has 1 aliphatic rings. The van der Waals surface area contributed by atoms with E-state index in [2.05, 4.69) is 4.99 Å².